The molecule has 2 bridgehead atoms. The molecule has 5 atom stereocenters. The normalized spacial score (nSPS) is 31.7. The van der Waals surface area contributed by atoms with E-state index in [0.717, 1.165) is 66.2 Å². The van der Waals surface area contributed by atoms with E-state index in [1.807, 2.05) is 25.1 Å². The quantitative estimate of drug-likeness (QED) is 0.300. The van der Waals surface area contributed by atoms with Gasteiger partial charge in [-0.1, -0.05) is 57.2 Å². The minimum atomic E-state index is -0.350. The molecule has 0 aliphatic heterocycles. The molecule has 5 unspecified atom stereocenters. The monoisotopic (exact) mass is 521 g/mol. The van der Waals surface area contributed by atoms with Crippen LogP contribution in [0.5, 0.6) is 0 Å². The van der Waals surface area contributed by atoms with E-state index in [1.54, 1.807) is 0 Å². The summed E-state index contributed by atoms with van der Waals surface area (Å²) >= 11 is 7.62. The number of primary amides is 1. The molecule has 0 heterocycles. The SMILES string of the molecule is CCC1CC2CC(CC(C)(C(N)=O)C2)C1NC.Cc1c(Cl)cccc1SNC1(C=O)CCCCC1. The van der Waals surface area contributed by atoms with Gasteiger partial charge in [0.2, 0.25) is 5.91 Å². The van der Waals surface area contributed by atoms with Gasteiger partial charge in [0.15, 0.2) is 0 Å². The molecule has 7 heteroatoms. The Morgan fingerprint density at radius 3 is 2.54 bits per heavy atom. The number of nitrogens with one attached hydrogen (secondary N) is 2. The maximum atomic E-state index is 11.7. The first-order valence-corrected chi connectivity index (χ1v) is 14.5. The van der Waals surface area contributed by atoms with E-state index in [4.69, 9.17) is 17.3 Å². The number of benzene rings is 1. The number of nitrogens with two attached hydrogens (primary N) is 1. The molecule has 0 aromatic heterocycles. The van der Waals surface area contributed by atoms with Crippen molar-refractivity contribution >= 4 is 35.7 Å². The fourth-order valence-corrected chi connectivity index (χ4v) is 7.89. The highest BCUT2D eigenvalue weighted by atomic mass is 35.5. The van der Waals surface area contributed by atoms with Crippen LogP contribution in [-0.2, 0) is 9.59 Å². The molecule has 0 spiro atoms. The van der Waals surface area contributed by atoms with Gasteiger partial charge in [0.25, 0.3) is 0 Å². The summed E-state index contributed by atoms with van der Waals surface area (Å²) in [5, 5.41) is 4.25. The van der Waals surface area contributed by atoms with Gasteiger partial charge in [0, 0.05) is 21.4 Å². The molecule has 5 nitrogen and oxygen atoms in total. The minimum absolute atomic E-state index is 0.1000. The van der Waals surface area contributed by atoms with Crippen molar-refractivity contribution in [3.63, 3.8) is 0 Å². The Morgan fingerprint density at radius 1 is 1.23 bits per heavy atom. The van der Waals surface area contributed by atoms with Gasteiger partial charge < -0.3 is 15.8 Å². The first-order chi connectivity index (χ1) is 16.7. The minimum Gasteiger partial charge on any atom is -0.369 e. The van der Waals surface area contributed by atoms with Gasteiger partial charge in [-0.3, -0.25) is 4.79 Å². The van der Waals surface area contributed by atoms with Crippen molar-refractivity contribution in [2.75, 3.05) is 7.05 Å². The Balaban J connectivity index is 0.000000196. The highest BCUT2D eigenvalue weighted by molar-refractivity contribution is 7.97. The first-order valence-electron chi connectivity index (χ1n) is 13.3. The van der Waals surface area contributed by atoms with E-state index in [-0.39, 0.29) is 16.9 Å². The smallest absolute Gasteiger partial charge is 0.223 e. The molecule has 1 aromatic carbocycles. The number of halogens is 1. The molecule has 35 heavy (non-hydrogen) atoms. The van der Waals surface area contributed by atoms with Gasteiger partial charge in [-0.25, -0.2) is 4.72 Å². The molecule has 0 radical (unpaired) electrons. The molecular formula is C28H44ClN3O2S. The lowest BCUT2D eigenvalue weighted by atomic mass is 9.57. The Kier molecular flexibility index (Phi) is 10.1. The number of carbonyl (C=O) groups excluding carboxylic acids is 2. The lowest BCUT2D eigenvalue weighted by molar-refractivity contribution is -0.132. The van der Waals surface area contributed by atoms with Gasteiger partial charge in [0.1, 0.15) is 6.29 Å². The highest BCUT2D eigenvalue weighted by Crippen LogP contribution is 2.50. The number of amides is 1. The van der Waals surface area contributed by atoms with Crippen molar-refractivity contribution in [3.05, 3.63) is 28.8 Å². The van der Waals surface area contributed by atoms with Gasteiger partial charge in [0.05, 0.1) is 5.54 Å². The van der Waals surface area contributed by atoms with E-state index < -0.39 is 0 Å². The number of fused-ring (bicyclic) bond motifs is 2. The Morgan fingerprint density at radius 2 is 1.94 bits per heavy atom. The number of rotatable bonds is 7. The maximum absolute atomic E-state index is 11.7. The van der Waals surface area contributed by atoms with Crippen LogP contribution in [0.2, 0.25) is 5.02 Å². The van der Waals surface area contributed by atoms with Crippen LogP contribution >= 0.6 is 23.5 Å². The van der Waals surface area contributed by atoms with Crippen LogP contribution in [0.15, 0.2) is 23.1 Å². The molecule has 3 aliphatic rings. The lowest BCUT2D eigenvalue weighted by Crippen LogP contribution is -2.53. The molecular weight excluding hydrogens is 478 g/mol. The third-order valence-corrected chi connectivity index (χ3v) is 10.3. The Bertz CT molecular complexity index is 876. The van der Waals surface area contributed by atoms with Crippen molar-refractivity contribution in [3.8, 4) is 0 Å². The number of aldehydes is 1. The van der Waals surface area contributed by atoms with Crippen molar-refractivity contribution in [2.45, 2.75) is 101 Å². The Labute approximate surface area is 221 Å². The molecule has 3 fully saturated rings. The van der Waals surface area contributed by atoms with E-state index in [2.05, 4.69) is 30.9 Å². The largest absolute Gasteiger partial charge is 0.369 e. The number of carbonyl (C=O) groups is 2. The highest BCUT2D eigenvalue weighted by Gasteiger charge is 2.48. The van der Waals surface area contributed by atoms with Gasteiger partial charge >= 0.3 is 0 Å². The molecule has 196 valence electrons. The molecule has 0 saturated heterocycles. The third-order valence-electron chi connectivity index (χ3n) is 8.75. The molecule has 1 aromatic rings. The van der Waals surface area contributed by atoms with E-state index in [9.17, 15) is 9.59 Å². The van der Waals surface area contributed by atoms with Crippen LogP contribution in [0.25, 0.3) is 0 Å². The summed E-state index contributed by atoms with van der Waals surface area (Å²) < 4.78 is 3.36. The second kappa shape index (κ2) is 12.4. The van der Waals surface area contributed by atoms with Crippen LogP contribution in [0.4, 0.5) is 0 Å². The molecule has 4 N–H and O–H groups in total. The second-order valence-corrected chi connectivity index (χ2v) is 12.6. The molecule has 3 aliphatic carbocycles. The third kappa shape index (κ3) is 6.82. The van der Waals surface area contributed by atoms with Crippen LogP contribution in [0, 0.1) is 30.1 Å². The zero-order chi connectivity index (χ0) is 25.6. The summed E-state index contributed by atoms with van der Waals surface area (Å²) in [5.74, 6) is 2.02. The van der Waals surface area contributed by atoms with Gasteiger partial charge in [-0.2, -0.15) is 0 Å². The fraction of sp³-hybridized carbons (Fsp3) is 0.714. The average molecular weight is 522 g/mol. The fourth-order valence-electron chi connectivity index (χ4n) is 6.68. The average Bonchev–Trinajstić information content (AvgIpc) is 2.85. The predicted octanol–water partition coefficient (Wildman–Crippen LogP) is 6.06. The van der Waals surface area contributed by atoms with Crippen molar-refractivity contribution in [2.24, 2.45) is 28.9 Å². The van der Waals surface area contributed by atoms with Gasteiger partial charge in [-0.15, -0.1) is 0 Å². The number of hydrogen-bond donors (Lipinski definition) is 3. The van der Waals surface area contributed by atoms with E-state index >= 15 is 0 Å². The summed E-state index contributed by atoms with van der Waals surface area (Å²) in [5.41, 5.74) is 6.05. The topological polar surface area (TPSA) is 84.2 Å². The van der Waals surface area contributed by atoms with Crippen LogP contribution in [0.1, 0.15) is 83.6 Å². The van der Waals surface area contributed by atoms with E-state index in [1.165, 1.54) is 37.6 Å². The summed E-state index contributed by atoms with van der Waals surface area (Å²) in [7, 11) is 2.06. The molecule has 3 saturated carbocycles. The number of hydrogen-bond acceptors (Lipinski definition) is 5. The Hall–Kier alpha value is -1.08. The summed E-state index contributed by atoms with van der Waals surface area (Å²) in [6.45, 7) is 6.34. The van der Waals surface area contributed by atoms with Crippen molar-refractivity contribution in [1.82, 2.24) is 10.0 Å². The van der Waals surface area contributed by atoms with Crippen LogP contribution in [-0.4, -0.2) is 30.8 Å². The zero-order valence-corrected chi connectivity index (χ0v) is 23.4. The maximum Gasteiger partial charge on any atom is 0.223 e. The molecule has 4 rings (SSSR count). The lowest BCUT2D eigenvalue weighted by Gasteiger charge is -2.50. The van der Waals surface area contributed by atoms with Crippen molar-refractivity contribution in [1.29, 1.82) is 0 Å². The standard InChI is InChI=1S/C14H18ClNOS.C14H26N2O/c1-11-12(15)6-5-7-13(11)18-16-14(10-17)8-3-2-4-9-14;1-4-10-5-9-6-11(12(10)16-3)8-14(2,7-9)13(15)17/h5-7,10,16H,2-4,8-9H2,1H3;9-12,16H,4-8H2,1-3H3,(H2,15,17). The second-order valence-electron chi connectivity index (χ2n) is 11.3. The molecule has 1 amide bonds. The zero-order valence-electron chi connectivity index (χ0n) is 21.9. The summed E-state index contributed by atoms with van der Waals surface area (Å²) in [6, 6.07) is 6.43. The van der Waals surface area contributed by atoms with Crippen molar-refractivity contribution < 1.29 is 9.59 Å². The summed E-state index contributed by atoms with van der Waals surface area (Å²) in [4.78, 5) is 24.1. The van der Waals surface area contributed by atoms with Crippen LogP contribution < -0.4 is 15.8 Å². The van der Waals surface area contributed by atoms with E-state index in [0.29, 0.717) is 17.9 Å². The van der Waals surface area contributed by atoms with Crippen LogP contribution in [0.3, 0.4) is 0 Å². The summed E-state index contributed by atoms with van der Waals surface area (Å²) in [6.07, 6.45) is 12.2. The predicted molar refractivity (Wildman–Crippen MR) is 146 cm³/mol. The van der Waals surface area contributed by atoms with Gasteiger partial charge in [-0.05, 0) is 99.9 Å². The first kappa shape index (κ1) is 28.5.